The standard InChI is InChI=1S/C27H30ClNO5/c28-25-4-2-1-3-21(25)16-23(30)14-19-5-8-22-17-29(12-11-20(22)13-19)27(33)34-24-9-6-18(7-10-24)15-26(31)32/h1-5,8,13,18,24H,6-7,9-12,14-17H2,(H,31,32). The summed E-state index contributed by atoms with van der Waals surface area (Å²) in [4.78, 5) is 37.9. The van der Waals surface area contributed by atoms with Crippen LogP contribution in [0.3, 0.4) is 0 Å². The Bertz CT molecular complexity index is 1060. The molecule has 6 nitrogen and oxygen atoms in total. The van der Waals surface area contributed by atoms with Crippen LogP contribution in [-0.4, -0.2) is 40.5 Å². The molecular weight excluding hydrogens is 454 g/mol. The molecule has 2 aliphatic rings. The molecule has 0 saturated heterocycles. The number of rotatable bonds is 7. The van der Waals surface area contributed by atoms with Gasteiger partial charge in [-0.2, -0.15) is 0 Å². The molecule has 0 bridgehead atoms. The maximum Gasteiger partial charge on any atom is 0.410 e. The van der Waals surface area contributed by atoms with Crippen molar-refractivity contribution in [2.45, 2.75) is 64.0 Å². The summed E-state index contributed by atoms with van der Waals surface area (Å²) in [6.07, 6.45) is 4.16. The smallest absolute Gasteiger partial charge is 0.410 e. The minimum atomic E-state index is -0.763. The van der Waals surface area contributed by atoms with Gasteiger partial charge in [0.15, 0.2) is 0 Å². The zero-order valence-electron chi connectivity index (χ0n) is 19.2. The van der Waals surface area contributed by atoms with E-state index in [2.05, 4.69) is 6.07 Å². The molecule has 0 radical (unpaired) electrons. The lowest BCUT2D eigenvalue weighted by molar-refractivity contribution is -0.138. The van der Waals surface area contributed by atoms with Crippen molar-refractivity contribution >= 4 is 29.4 Å². The van der Waals surface area contributed by atoms with Gasteiger partial charge in [0.2, 0.25) is 0 Å². The third kappa shape index (κ3) is 6.38. The maximum absolute atomic E-state index is 12.7. The second-order valence-electron chi connectivity index (χ2n) is 9.38. The summed E-state index contributed by atoms with van der Waals surface area (Å²) in [7, 11) is 0. The van der Waals surface area contributed by atoms with Crippen molar-refractivity contribution < 1.29 is 24.2 Å². The molecule has 1 fully saturated rings. The summed E-state index contributed by atoms with van der Waals surface area (Å²) in [5, 5.41) is 9.56. The van der Waals surface area contributed by atoms with E-state index >= 15 is 0 Å². The number of Topliss-reactive ketones (excluding diaryl/α,β-unsaturated/α-hetero) is 1. The van der Waals surface area contributed by atoms with E-state index in [1.807, 2.05) is 30.3 Å². The van der Waals surface area contributed by atoms with Crippen LogP contribution in [-0.2, 0) is 40.1 Å². The molecule has 2 aromatic rings. The zero-order valence-corrected chi connectivity index (χ0v) is 19.9. The Hall–Kier alpha value is -2.86. The molecular formula is C27H30ClNO5. The first-order valence-electron chi connectivity index (χ1n) is 11.9. The fourth-order valence-electron chi connectivity index (χ4n) is 4.93. The number of hydrogen-bond acceptors (Lipinski definition) is 4. The summed E-state index contributed by atoms with van der Waals surface area (Å²) < 4.78 is 5.73. The fraction of sp³-hybridized carbons (Fsp3) is 0.444. The molecule has 180 valence electrons. The van der Waals surface area contributed by atoms with Crippen LogP contribution in [0, 0.1) is 5.92 Å². The van der Waals surface area contributed by atoms with E-state index in [1.165, 1.54) is 5.56 Å². The van der Waals surface area contributed by atoms with Crippen molar-refractivity contribution in [1.82, 2.24) is 4.90 Å². The predicted molar refractivity (Wildman–Crippen MR) is 129 cm³/mol. The van der Waals surface area contributed by atoms with Gasteiger partial charge in [0.1, 0.15) is 11.9 Å². The average molecular weight is 484 g/mol. The lowest BCUT2D eigenvalue weighted by atomic mass is 9.85. The van der Waals surface area contributed by atoms with Gasteiger partial charge in [0.05, 0.1) is 0 Å². The molecule has 0 aromatic heterocycles. The quantitative estimate of drug-likeness (QED) is 0.583. The Kier molecular flexibility index (Phi) is 7.88. The first-order chi connectivity index (χ1) is 16.4. The third-order valence-electron chi connectivity index (χ3n) is 6.81. The summed E-state index contributed by atoms with van der Waals surface area (Å²) >= 11 is 6.18. The van der Waals surface area contributed by atoms with Crippen molar-refractivity contribution in [3.8, 4) is 0 Å². The summed E-state index contributed by atoms with van der Waals surface area (Å²) in [5.41, 5.74) is 4.07. The number of halogens is 1. The van der Waals surface area contributed by atoms with E-state index in [0.29, 0.717) is 31.0 Å². The number of benzene rings is 2. The van der Waals surface area contributed by atoms with Crippen molar-refractivity contribution in [1.29, 1.82) is 0 Å². The molecule has 1 aliphatic carbocycles. The highest BCUT2D eigenvalue weighted by Crippen LogP contribution is 2.29. The number of aliphatic carboxylic acids is 1. The van der Waals surface area contributed by atoms with Gasteiger partial charge >= 0.3 is 12.1 Å². The Balaban J connectivity index is 1.28. The van der Waals surface area contributed by atoms with Gasteiger partial charge in [-0.05, 0) is 66.3 Å². The number of nitrogens with zero attached hydrogens (tertiary/aromatic N) is 1. The summed E-state index contributed by atoms with van der Waals surface area (Å²) in [6, 6.07) is 13.4. The lowest BCUT2D eigenvalue weighted by Gasteiger charge is -2.32. The van der Waals surface area contributed by atoms with Crippen molar-refractivity contribution in [3.05, 3.63) is 69.7 Å². The monoisotopic (exact) mass is 483 g/mol. The molecule has 0 atom stereocenters. The molecule has 2 aromatic carbocycles. The highest BCUT2D eigenvalue weighted by molar-refractivity contribution is 6.31. The number of carbonyl (C=O) groups excluding carboxylic acids is 2. The van der Waals surface area contributed by atoms with Crippen LogP contribution in [0.2, 0.25) is 5.02 Å². The van der Waals surface area contributed by atoms with E-state index in [9.17, 15) is 14.4 Å². The molecule has 1 heterocycles. The van der Waals surface area contributed by atoms with Gasteiger partial charge in [0, 0.05) is 37.4 Å². The number of carbonyl (C=O) groups is 3. The predicted octanol–water partition coefficient (Wildman–Crippen LogP) is 5.22. The Morgan fingerprint density at radius 3 is 2.50 bits per heavy atom. The van der Waals surface area contributed by atoms with Crippen LogP contribution in [0.15, 0.2) is 42.5 Å². The van der Waals surface area contributed by atoms with Crippen LogP contribution in [0.5, 0.6) is 0 Å². The molecule has 1 amide bonds. The molecule has 0 unspecified atom stereocenters. The largest absolute Gasteiger partial charge is 0.481 e. The molecule has 7 heteroatoms. The average Bonchev–Trinajstić information content (AvgIpc) is 2.81. The minimum absolute atomic E-state index is 0.118. The highest BCUT2D eigenvalue weighted by atomic mass is 35.5. The van der Waals surface area contributed by atoms with E-state index in [4.69, 9.17) is 21.4 Å². The second-order valence-corrected chi connectivity index (χ2v) is 9.79. The Morgan fingerprint density at radius 1 is 1.00 bits per heavy atom. The second kappa shape index (κ2) is 11.0. The van der Waals surface area contributed by atoms with Gasteiger partial charge in [0.25, 0.3) is 0 Å². The first kappa shape index (κ1) is 24.3. The van der Waals surface area contributed by atoms with Crippen molar-refractivity contribution in [2.24, 2.45) is 5.92 Å². The number of carboxylic acid groups (broad SMARTS) is 1. The number of ether oxygens (including phenoxy) is 1. The number of ketones is 1. The summed E-state index contributed by atoms with van der Waals surface area (Å²) in [5.74, 6) is -0.465. The first-order valence-corrected chi connectivity index (χ1v) is 12.3. The molecule has 34 heavy (non-hydrogen) atoms. The third-order valence-corrected chi connectivity index (χ3v) is 7.18. The molecule has 0 spiro atoms. The van der Waals surface area contributed by atoms with E-state index in [-0.39, 0.29) is 30.3 Å². The molecule has 1 N–H and O–H groups in total. The Labute approximate surface area is 204 Å². The number of fused-ring (bicyclic) bond motifs is 1. The molecule has 1 saturated carbocycles. The normalized spacial score (nSPS) is 19.9. The van der Waals surface area contributed by atoms with Crippen LogP contribution in [0.4, 0.5) is 4.79 Å². The lowest BCUT2D eigenvalue weighted by Crippen LogP contribution is -2.39. The van der Waals surface area contributed by atoms with Crippen molar-refractivity contribution in [3.63, 3.8) is 0 Å². The van der Waals surface area contributed by atoms with Crippen LogP contribution >= 0.6 is 11.6 Å². The van der Waals surface area contributed by atoms with Gasteiger partial charge in [-0.3, -0.25) is 9.59 Å². The molecule has 4 rings (SSSR count). The number of amides is 1. The zero-order chi connectivity index (χ0) is 24.1. The van der Waals surface area contributed by atoms with Crippen LogP contribution in [0.1, 0.15) is 54.4 Å². The highest BCUT2D eigenvalue weighted by Gasteiger charge is 2.28. The minimum Gasteiger partial charge on any atom is -0.481 e. The van der Waals surface area contributed by atoms with E-state index in [0.717, 1.165) is 48.8 Å². The summed E-state index contributed by atoms with van der Waals surface area (Å²) in [6.45, 7) is 1.08. The maximum atomic E-state index is 12.7. The molecule has 1 aliphatic heterocycles. The topological polar surface area (TPSA) is 83.9 Å². The Morgan fingerprint density at radius 2 is 1.76 bits per heavy atom. The van der Waals surface area contributed by atoms with Crippen LogP contribution < -0.4 is 0 Å². The van der Waals surface area contributed by atoms with Gasteiger partial charge in [-0.15, -0.1) is 0 Å². The van der Waals surface area contributed by atoms with Crippen molar-refractivity contribution in [2.75, 3.05) is 6.54 Å². The van der Waals surface area contributed by atoms with Gasteiger partial charge in [-0.25, -0.2) is 4.79 Å². The van der Waals surface area contributed by atoms with Gasteiger partial charge < -0.3 is 14.7 Å². The van der Waals surface area contributed by atoms with E-state index in [1.54, 1.807) is 11.0 Å². The van der Waals surface area contributed by atoms with E-state index < -0.39 is 5.97 Å². The number of hydrogen-bond donors (Lipinski definition) is 1. The van der Waals surface area contributed by atoms with Crippen LogP contribution in [0.25, 0.3) is 0 Å². The fourth-order valence-corrected chi connectivity index (χ4v) is 5.14. The number of carboxylic acids is 1. The van der Waals surface area contributed by atoms with Gasteiger partial charge in [-0.1, -0.05) is 48.0 Å². The SMILES string of the molecule is O=C(O)CC1CCC(OC(=O)N2CCc3cc(CC(=O)Cc4ccccc4Cl)ccc3C2)CC1.